The van der Waals surface area contributed by atoms with Crippen molar-refractivity contribution in [2.75, 3.05) is 0 Å². The summed E-state index contributed by atoms with van der Waals surface area (Å²) in [6.07, 6.45) is -10.3. The van der Waals surface area contributed by atoms with Gasteiger partial charge in [-0.25, -0.2) is 0 Å². The molecule has 0 fully saturated rings. The first kappa shape index (κ1) is 53.4. The molecule has 0 N–H and O–H groups in total. The second-order valence-electron chi connectivity index (χ2n) is 20.7. The third-order valence-electron chi connectivity index (χ3n) is 15.6. The average Bonchev–Trinajstić information content (AvgIpc) is 1.77. The molecular weight excluding hydrogens is 1090 g/mol. The summed E-state index contributed by atoms with van der Waals surface area (Å²) in [5, 5.41) is 53.3. The molecule has 0 amide bonds. The Hall–Kier alpha value is -12.0. The number of aromatic nitrogens is 2. The Kier molecular flexibility index (Phi) is 12.9. The molecule has 11 aromatic carbocycles. The van der Waals surface area contributed by atoms with Crippen LogP contribution in [0.2, 0.25) is 0 Å². The van der Waals surface area contributed by atoms with Crippen LogP contribution in [-0.2, 0) is 12.4 Å². The van der Waals surface area contributed by atoms with Crippen LogP contribution in [0.5, 0.6) is 0 Å². The van der Waals surface area contributed by atoms with Crippen LogP contribution >= 0.6 is 0 Å². The molecule has 86 heavy (non-hydrogen) atoms. The van der Waals surface area contributed by atoms with Gasteiger partial charge < -0.3 is 9.13 Å². The second kappa shape index (κ2) is 20.8. The number of fused-ring (bicyclic) bond motifs is 6. The molecule has 13 rings (SSSR count). The molecule has 0 aliphatic carbocycles. The van der Waals surface area contributed by atoms with Crippen molar-refractivity contribution in [3.05, 3.63) is 263 Å². The predicted octanol–water partition coefficient (Wildman–Crippen LogP) is 19.3. The topological polar surface area (TPSA) is 129 Å². The molecule has 13 heteroatoms. The zero-order chi connectivity index (χ0) is 59.6. The third-order valence-corrected chi connectivity index (χ3v) is 15.6. The summed E-state index contributed by atoms with van der Waals surface area (Å²) in [4.78, 5) is 0. The van der Waals surface area contributed by atoms with E-state index in [9.17, 15) is 52.7 Å². The molecular formula is C73H37F6N7. The molecule has 0 unspecified atom stereocenters. The van der Waals surface area contributed by atoms with E-state index < -0.39 is 23.5 Å². The van der Waals surface area contributed by atoms with Crippen LogP contribution < -0.4 is 0 Å². The van der Waals surface area contributed by atoms with Gasteiger partial charge >= 0.3 is 12.4 Å². The molecule has 0 bridgehead atoms. The average molecular weight is 1130 g/mol. The van der Waals surface area contributed by atoms with E-state index in [1.807, 2.05) is 106 Å². The van der Waals surface area contributed by atoms with Crippen LogP contribution in [0.15, 0.2) is 224 Å². The predicted molar refractivity (Wildman–Crippen MR) is 321 cm³/mol. The van der Waals surface area contributed by atoms with Crippen molar-refractivity contribution in [2.24, 2.45) is 0 Å². The van der Waals surface area contributed by atoms with Crippen molar-refractivity contribution in [3.63, 3.8) is 0 Å². The summed E-state index contributed by atoms with van der Waals surface area (Å²) in [6, 6.07) is 74.8. The van der Waals surface area contributed by atoms with Crippen molar-refractivity contribution in [1.29, 1.82) is 26.3 Å². The Morgan fingerprint density at radius 3 is 0.919 bits per heavy atom. The first-order valence-corrected chi connectivity index (χ1v) is 26.8. The van der Waals surface area contributed by atoms with Crippen molar-refractivity contribution in [2.45, 2.75) is 12.4 Å². The number of halogens is 6. The monoisotopic (exact) mass is 1130 g/mol. The quantitative estimate of drug-likeness (QED) is 0.140. The number of hydrogen-bond donors (Lipinski definition) is 0. The molecule has 0 radical (unpaired) electrons. The Bertz CT molecular complexity index is 4980. The largest absolute Gasteiger partial charge is 0.416 e. The summed E-state index contributed by atoms with van der Waals surface area (Å²) in [5.74, 6) is 0. The van der Waals surface area contributed by atoms with Crippen LogP contribution in [0.4, 0.5) is 26.3 Å². The Balaban J connectivity index is 1.13. The van der Waals surface area contributed by atoms with Gasteiger partial charge in [0.1, 0.15) is 0 Å². The number of nitriles is 5. The SMILES string of the molecule is N#Cc1cccc(-c2ccc3c(c2)c2cc(-c4cccc(C#N)c4)ccc2n3-c2ccc(-c3cc(C(F)(F)F)cc(C(F)(F)F)c3)cc2-c2ccc(C#N)cc2-n2c3ccc(-c4cccc(C#N)c4)cc3c3cc(-c4cccc(C#N)c4)ccc32)c1. The molecule has 406 valence electrons. The van der Waals surface area contributed by atoms with E-state index in [2.05, 4.69) is 30.3 Å². The molecule has 0 spiro atoms. The number of hydrogen-bond acceptors (Lipinski definition) is 5. The van der Waals surface area contributed by atoms with Gasteiger partial charge in [0.05, 0.1) is 103 Å². The molecule has 0 atom stereocenters. The van der Waals surface area contributed by atoms with E-state index in [0.29, 0.717) is 79.0 Å². The van der Waals surface area contributed by atoms with Gasteiger partial charge in [-0.15, -0.1) is 0 Å². The van der Waals surface area contributed by atoms with Gasteiger partial charge in [-0.3, -0.25) is 0 Å². The molecule has 7 nitrogen and oxygen atoms in total. The Labute approximate surface area is 487 Å². The van der Waals surface area contributed by atoms with Crippen molar-refractivity contribution in [1.82, 2.24) is 9.13 Å². The zero-order valence-electron chi connectivity index (χ0n) is 44.8. The lowest BCUT2D eigenvalue weighted by molar-refractivity contribution is -0.143. The highest BCUT2D eigenvalue weighted by molar-refractivity contribution is 6.14. The van der Waals surface area contributed by atoms with E-state index in [1.54, 1.807) is 103 Å². The van der Waals surface area contributed by atoms with Gasteiger partial charge in [0.2, 0.25) is 0 Å². The minimum Gasteiger partial charge on any atom is -0.309 e. The summed E-state index contributed by atoms with van der Waals surface area (Å²) in [7, 11) is 0. The fourth-order valence-corrected chi connectivity index (χ4v) is 11.6. The number of rotatable bonds is 8. The number of benzene rings is 11. The van der Waals surface area contributed by atoms with Crippen molar-refractivity contribution < 1.29 is 26.3 Å². The van der Waals surface area contributed by atoms with Crippen LogP contribution in [-0.4, -0.2) is 9.13 Å². The normalized spacial score (nSPS) is 11.5. The van der Waals surface area contributed by atoms with E-state index >= 15 is 0 Å². The van der Waals surface area contributed by atoms with Crippen LogP contribution in [0, 0.1) is 56.7 Å². The highest BCUT2D eigenvalue weighted by Crippen LogP contribution is 2.47. The van der Waals surface area contributed by atoms with Crippen LogP contribution in [0.3, 0.4) is 0 Å². The minimum absolute atomic E-state index is 0.0338. The smallest absolute Gasteiger partial charge is 0.309 e. The van der Waals surface area contributed by atoms with Crippen molar-refractivity contribution in [3.8, 4) is 108 Å². The van der Waals surface area contributed by atoms with Crippen LogP contribution in [0.1, 0.15) is 38.9 Å². The van der Waals surface area contributed by atoms with E-state index in [0.717, 1.165) is 66.1 Å². The van der Waals surface area contributed by atoms with Gasteiger partial charge in [0.25, 0.3) is 0 Å². The van der Waals surface area contributed by atoms with E-state index in [1.165, 1.54) is 6.07 Å². The lowest BCUT2D eigenvalue weighted by atomic mass is 9.93. The van der Waals surface area contributed by atoms with Gasteiger partial charge in [-0.05, 0) is 195 Å². The number of nitrogens with zero attached hydrogens (tertiary/aromatic N) is 7. The maximum Gasteiger partial charge on any atom is 0.416 e. The van der Waals surface area contributed by atoms with E-state index in [4.69, 9.17) is 0 Å². The minimum atomic E-state index is -5.14. The van der Waals surface area contributed by atoms with Gasteiger partial charge in [0, 0.05) is 32.7 Å². The zero-order valence-corrected chi connectivity index (χ0v) is 44.8. The summed E-state index contributed by atoms with van der Waals surface area (Å²) >= 11 is 0. The molecule has 2 heterocycles. The first-order chi connectivity index (χ1) is 41.6. The maximum atomic E-state index is 14.7. The maximum absolute atomic E-state index is 14.7. The lowest BCUT2D eigenvalue weighted by Crippen LogP contribution is -2.11. The fourth-order valence-electron chi connectivity index (χ4n) is 11.6. The van der Waals surface area contributed by atoms with Gasteiger partial charge in [0.15, 0.2) is 0 Å². The Morgan fingerprint density at radius 1 is 0.256 bits per heavy atom. The highest BCUT2D eigenvalue weighted by Gasteiger charge is 2.37. The summed E-state index contributed by atoms with van der Waals surface area (Å²) < 4.78 is 92.1. The second-order valence-corrected chi connectivity index (χ2v) is 20.7. The van der Waals surface area contributed by atoms with Gasteiger partial charge in [-0.1, -0.05) is 84.9 Å². The summed E-state index contributed by atoms with van der Waals surface area (Å²) in [6.45, 7) is 0. The highest BCUT2D eigenvalue weighted by atomic mass is 19.4. The molecule has 0 saturated heterocycles. The van der Waals surface area contributed by atoms with Crippen LogP contribution in [0.25, 0.3) is 122 Å². The summed E-state index contributed by atoms with van der Waals surface area (Å²) in [5.41, 5.74) is 9.46. The molecule has 13 aromatic rings. The molecule has 2 aromatic heterocycles. The first-order valence-electron chi connectivity index (χ1n) is 26.8. The Morgan fingerprint density at radius 2 is 0.570 bits per heavy atom. The molecule has 0 aliphatic heterocycles. The molecule has 0 aliphatic rings. The standard InChI is InChI=1S/C73H37F6N7/c74-72(75,76)58-30-57(31-59(37-58)73(77,78)79)56-18-24-66(85-67-20-14-52(48-9-1-5-43(25-48)38-80)32-62(67)63-33-53(15-21-68(63)85)49-10-2-6-44(26-49)39-81)61(36-56)60-19-13-47(42-84)29-71(60)86-69-22-16-54(50-11-3-7-45(27-50)40-82)34-64(69)65-35-55(17-23-70(65)86)51-12-4-8-46(28-51)41-83/h1-37H. The number of alkyl halides is 6. The lowest BCUT2D eigenvalue weighted by Gasteiger charge is -2.21. The van der Waals surface area contributed by atoms with Gasteiger partial charge in [-0.2, -0.15) is 52.7 Å². The van der Waals surface area contributed by atoms with E-state index in [-0.39, 0.29) is 22.8 Å². The molecule has 0 saturated carbocycles. The van der Waals surface area contributed by atoms with Crippen molar-refractivity contribution >= 4 is 43.6 Å². The third kappa shape index (κ3) is 9.46. The fraction of sp³-hybridized carbons (Fsp3) is 0.0274.